The van der Waals surface area contributed by atoms with Crippen molar-refractivity contribution in [3.63, 3.8) is 0 Å². The molecule has 0 atom stereocenters. The number of thiophene rings is 1. The largest absolute Gasteiger partial charge is 0.492 e. The molecule has 27 heavy (non-hydrogen) atoms. The van der Waals surface area contributed by atoms with E-state index in [2.05, 4.69) is 47.6 Å². The summed E-state index contributed by atoms with van der Waals surface area (Å²) in [4.78, 5) is 12.1. The average molecular weight is 395 g/mol. The zero-order valence-electron chi connectivity index (χ0n) is 16.9. The lowest BCUT2D eigenvalue weighted by Gasteiger charge is -2.29. The van der Waals surface area contributed by atoms with Gasteiger partial charge in [0.15, 0.2) is 6.29 Å². The molecule has 0 aliphatic heterocycles. The van der Waals surface area contributed by atoms with Gasteiger partial charge in [-0.25, -0.2) is 8.78 Å². The number of rotatable bonds is 6. The minimum atomic E-state index is -2.41. The number of carbonyl (C=O) groups is 1. The first-order valence-electron chi connectivity index (χ1n) is 9.08. The van der Waals surface area contributed by atoms with E-state index in [1.54, 1.807) is 0 Å². The lowest BCUT2D eigenvalue weighted by atomic mass is 9.78. The predicted molar refractivity (Wildman–Crippen MR) is 109 cm³/mol. The zero-order valence-corrected chi connectivity index (χ0v) is 17.7. The van der Waals surface area contributed by atoms with E-state index in [0.717, 1.165) is 28.5 Å². The smallest absolute Gasteiger partial charge is 0.241 e. The third-order valence-corrected chi connectivity index (χ3v) is 5.28. The first-order valence-corrected chi connectivity index (χ1v) is 9.96. The molecule has 1 aromatic heterocycles. The molecule has 2 rings (SSSR count). The quantitative estimate of drug-likeness (QED) is 0.500. The maximum atomic E-state index is 12.7. The summed E-state index contributed by atoms with van der Waals surface area (Å²) in [5.74, 6) is 0.595. The Morgan fingerprint density at radius 3 is 2.26 bits per heavy atom. The molecule has 148 valence electrons. The van der Waals surface area contributed by atoms with Gasteiger partial charge >= 0.3 is 0 Å². The summed E-state index contributed by atoms with van der Waals surface area (Å²) in [7, 11) is 0. The fourth-order valence-electron chi connectivity index (χ4n) is 2.86. The molecule has 0 aliphatic carbocycles. The molecule has 0 radical (unpaired) electrons. The first kappa shape index (κ1) is 21.5. The fourth-order valence-corrected chi connectivity index (χ4v) is 3.57. The van der Waals surface area contributed by atoms with Crippen LogP contribution in [0.15, 0.2) is 23.6 Å². The van der Waals surface area contributed by atoms with Crippen LogP contribution in [0.25, 0.3) is 11.1 Å². The van der Waals surface area contributed by atoms with Gasteiger partial charge in [-0.15, -0.1) is 11.3 Å². The second-order valence-corrected chi connectivity index (χ2v) is 9.69. The van der Waals surface area contributed by atoms with Crippen LogP contribution in [-0.4, -0.2) is 19.3 Å². The number of alkyl halides is 2. The number of aldehydes is 1. The van der Waals surface area contributed by atoms with Crippen LogP contribution >= 0.6 is 11.3 Å². The van der Waals surface area contributed by atoms with Crippen LogP contribution in [0.4, 0.5) is 8.78 Å². The normalized spacial score (nSPS) is 12.5. The van der Waals surface area contributed by atoms with Crippen molar-refractivity contribution in [2.24, 2.45) is 0 Å². The van der Waals surface area contributed by atoms with Crippen LogP contribution in [0, 0.1) is 0 Å². The summed E-state index contributed by atoms with van der Waals surface area (Å²) in [5, 5.41) is 1.86. The predicted octanol–water partition coefficient (Wildman–Crippen LogP) is 6.86. The second kappa shape index (κ2) is 8.09. The molecule has 0 amide bonds. The van der Waals surface area contributed by atoms with E-state index in [4.69, 9.17) is 4.74 Å². The third-order valence-electron chi connectivity index (χ3n) is 4.44. The molecular weight excluding hydrogens is 366 g/mol. The van der Waals surface area contributed by atoms with Crippen LogP contribution in [0.2, 0.25) is 0 Å². The maximum absolute atomic E-state index is 12.7. The van der Waals surface area contributed by atoms with E-state index in [-0.39, 0.29) is 23.9 Å². The summed E-state index contributed by atoms with van der Waals surface area (Å²) in [5.41, 5.74) is 3.32. The number of halogens is 2. The molecule has 0 saturated heterocycles. The van der Waals surface area contributed by atoms with Crippen molar-refractivity contribution in [1.29, 1.82) is 0 Å². The number of ether oxygens (including phenoxy) is 1. The van der Waals surface area contributed by atoms with Crippen molar-refractivity contribution in [3.8, 4) is 16.9 Å². The lowest BCUT2D eigenvalue weighted by molar-refractivity contribution is 0.112. The van der Waals surface area contributed by atoms with Crippen molar-refractivity contribution < 1.29 is 18.3 Å². The maximum Gasteiger partial charge on any atom is 0.241 e. The minimum absolute atomic E-state index is 0.0663. The molecule has 2 nitrogen and oxygen atoms in total. The van der Waals surface area contributed by atoms with E-state index in [1.807, 2.05) is 17.5 Å². The topological polar surface area (TPSA) is 26.3 Å². The summed E-state index contributed by atoms with van der Waals surface area (Å²) >= 11 is 1.36. The van der Waals surface area contributed by atoms with Gasteiger partial charge in [-0.1, -0.05) is 47.6 Å². The Balaban J connectivity index is 2.74. The number of benzene rings is 1. The van der Waals surface area contributed by atoms with Gasteiger partial charge in [0, 0.05) is 23.1 Å². The molecule has 0 unspecified atom stereocenters. The van der Waals surface area contributed by atoms with Gasteiger partial charge < -0.3 is 4.74 Å². The van der Waals surface area contributed by atoms with E-state index in [9.17, 15) is 13.6 Å². The highest BCUT2D eigenvalue weighted by Crippen LogP contribution is 2.44. The minimum Gasteiger partial charge on any atom is -0.492 e. The lowest BCUT2D eigenvalue weighted by Crippen LogP contribution is -2.19. The summed E-state index contributed by atoms with van der Waals surface area (Å²) in [6, 6.07) is 6.03. The fraction of sp³-hybridized carbons (Fsp3) is 0.500. The summed E-state index contributed by atoms with van der Waals surface area (Å²) in [6.07, 6.45) is -1.90. The van der Waals surface area contributed by atoms with Gasteiger partial charge in [-0.3, -0.25) is 4.79 Å². The van der Waals surface area contributed by atoms with E-state index in [0.29, 0.717) is 10.6 Å². The van der Waals surface area contributed by atoms with Crippen LogP contribution in [0.5, 0.6) is 5.75 Å². The molecule has 0 saturated carbocycles. The van der Waals surface area contributed by atoms with Crippen molar-refractivity contribution >= 4 is 17.6 Å². The Morgan fingerprint density at radius 2 is 1.74 bits per heavy atom. The zero-order chi connectivity index (χ0) is 20.4. The average Bonchev–Trinajstić information content (AvgIpc) is 3.00. The summed E-state index contributed by atoms with van der Waals surface area (Å²) in [6.45, 7) is 12.5. The van der Waals surface area contributed by atoms with Crippen molar-refractivity contribution in [3.05, 3.63) is 39.6 Å². The number of hydrogen-bond acceptors (Lipinski definition) is 3. The van der Waals surface area contributed by atoms with Crippen molar-refractivity contribution in [1.82, 2.24) is 0 Å². The molecule has 0 spiro atoms. The van der Waals surface area contributed by atoms with E-state index >= 15 is 0 Å². The highest BCUT2D eigenvalue weighted by atomic mass is 32.1. The second-order valence-electron chi connectivity index (χ2n) is 8.75. The molecule has 0 fully saturated rings. The SMILES string of the molecule is CC(C)(C)c1cc(-c2ccsc2C=O)c(OCCC(F)F)c(C(C)(C)C)c1. The number of hydrogen-bond donors (Lipinski definition) is 0. The molecule has 0 aliphatic rings. The highest BCUT2D eigenvalue weighted by molar-refractivity contribution is 7.12. The van der Waals surface area contributed by atoms with Gasteiger partial charge in [0.1, 0.15) is 5.75 Å². The molecule has 1 heterocycles. The van der Waals surface area contributed by atoms with Crippen LogP contribution in [0.1, 0.15) is 68.8 Å². The number of carbonyl (C=O) groups excluding carboxylic acids is 1. The molecule has 5 heteroatoms. The van der Waals surface area contributed by atoms with Gasteiger partial charge in [0.2, 0.25) is 6.43 Å². The molecular formula is C22H28F2O2S. The Kier molecular flexibility index (Phi) is 6.46. The van der Waals surface area contributed by atoms with Crippen molar-refractivity contribution in [2.75, 3.05) is 6.61 Å². The van der Waals surface area contributed by atoms with Crippen LogP contribution < -0.4 is 4.74 Å². The Bertz CT molecular complexity index is 796. The van der Waals surface area contributed by atoms with E-state index < -0.39 is 6.43 Å². The first-order chi connectivity index (χ1) is 12.4. The van der Waals surface area contributed by atoms with Gasteiger partial charge in [0.05, 0.1) is 11.5 Å². The monoisotopic (exact) mass is 394 g/mol. The van der Waals surface area contributed by atoms with Gasteiger partial charge in [-0.2, -0.15) is 0 Å². The molecule has 0 N–H and O–H groups in total. The van der Waals surface area contributed by atoms with Crippen LogP contribution in [-0.2, 0) is 10.8 Å². The van der Waals surface area contributed by atoms with Gasteiger partial charge in [0.25, 0.3) is 0 Å². The molecule has 2 aromatic rings. The van der Waals surface area contributed by atoms with E-state index in [1.165, 1.54) is 11.3 Å². The Hall–Kier alpha value is -1.75. The van der Waals surface area contributed by atoms with Gasteiger partial charge in [-0.05, 0) is 33.9 Å². The third kappa shape index (κ3) is 5.16. The van der Waals surface area contributed by atoms with Crippen molar-refractivity contribution in [2.45, 2.75) is 65.2 Å². The Labute approximate surface area is 164 Å². The Morgan fingerprint density at radius 1 is 1.07 bits per heavy atom. The summed E-state index contributed by atoms with van der Waals surface area (Å²) < 4.78 is 31.2. The van der Waals surface area contributed by atoms with Crippen LogP contribution in [0.3, 0.4) is 0 Å². The molecule has 1 aromatic carbocycles. The highest BCUT2D eigenvalue weighted by Gasteiger charge is 2.27. The standard InChI is InChI=1S/C22H28F2O2S/c1-21(2,3)14-11-16(15-8-10-27-18(15)13-25)20(26-9-7-19(23)24)17(12-14)22(4,5)6/h8,10-13,19H,7,9H2,1-6H3. The molecule has 0 bridgehead atoms.